The Balaban J connectivity index is 2.48. The zero-order valence-electron chi connectivity index (χ0n) is 17.6. The van der Waals surface area contributed by atoms with E-state index in [0.29, 0.717) is 25.9 Å². The minimum atomic E-state index is -3.33. The summed E-state index contributed by atoms with van der Waals surface area (Å²) < 4.78 is 27.6. The summed E-state index contributed by atoms with van der Waals surface area (Å²) in [6.45, 7) is 1.14. The molecule has 0 aliphatic rings. The van der Waals surface area contributed by atoms with Crippen molar-refractivity contribution in [1.29, 1.82) is 10.5 Å². The van der Waals surface area contributed by atoms with Crippen molar-refractivity contribution in [3.05, 3.63) is 35.9 Å². The fourth-order valence-corrected chi connectivity index (χ4v) is 4.92. The Morgan fingerprint density at radius 2 is 1.14 bits per heavy atom. The third-order valence-electron chi connectivity index (χ3n) is 4.98. The molecule has 1 aromatic carbocycles. The molecule has 0 N–H and O–H groups in total. The van der Waals surface area contributed by atoms with Gasteiger partial charge in [0, 0.05) is 25.9 Å². The molecule has 1 aromatic rings. The van der Waals surface area contributed by atoms with Crippen LogP contribution in [-0.4, -0.2) is 25.8 Å². The molecule has 0 heterocycles. The number of benzene rings is 1. The first-order valence-corrected chi connectivity index (χ1v) is 12.5. The van der Waals surface area contributed by atoms with Crippen molar-refractivity contribution in [2.24, 2.45) is 0 Å². The van der Waals surface area contributed by atoms with Gasteiger partial charge in [0.25, 0.3) is 0 Å². The SMILES string of the molecule is N#CCCCCCCCN(CCCCCCCC#N)S(=O)(=O)Cc1ccccc1. The van der Waals surface area contributed by atoms with Crippen LogP contribution in [0.1, 0.15) is 82.6 Å². The number of nitriles is 2. The minimum Gasteiger partial charge on any atom is -0.212 e. The molecule has 0 bridgehead atoms. The Kier molecular flexibility index (Phi) is 13.8. The Hall–Kier alpha value is -1.89. The van der Waals surface area contributed by atoms with E-state index < -0.39 is 10.0 Å². The quantitative estimate of drug-likeness (QED) is 0.311. The Morgan fingerprint density at radius 1 is 0.690 bits per heavy atom. The predicted octanol–water partition coefficient (Wildman–Crippen LogP) is 5.55. The Labute approximate surface area is 177 Å². The number of hydrogen-bond acceptors (Lipinski definition) is 4. The highest BCUT2D eigenvalue weighted by atomic mass is 32.2. The van der Waals surface area contributed by atoms with E-state index in [-0.39, 0.29) is 5.75 Å². The monoisotopic (exact) mass is 417 g/mol. The molecule has 0 spiro atoms. The van der Waals surface area contributed by atoms with Crippen LogP contribution in [0.3, 0.4) is 0 Å². The van der Waals surface area contributed by atoms with Gasteiger partial charge < -0.3 is 0 Å². The number of unbranched alkanes of at least 4 members (excludes halogenated alkanes) is 10. The smallest absolute Gasteiger partial charge is 0.212 e. The number of rotatable bonds is 17. The lowest BCUT2D eigenvalue weighted by molar-refractivity contribution is 0.383. The van der Waals surface area contributed by atoms with Crippen LogP contribution in [0.2, 0.25) is 0 Å². The fraction of sp³-hybridized carbons (Fsp3) is 0.652. The van der Waals surface area contributed by atoms with Gasteiger partial charge in [-0.15, -0.1) is 0 Å². The molecular formula is C23H35N3O2S. The van der Waals surface area contributed by atoms with E-state index in [2.05, 4.69) is 12.1 Å². The van der Waals surface area contributed by atoms with Gasteiger partial charge in [0.15, 0.2) is 0 Å². The summed E-state index contributed by atoms with van der Waals surface area (Å²) in [4.78, 5) is 0. The van der Waals surface area contributed by atoms with E-state index >= 15 is 0 Å². The zero-order chi connectivity index (χ0) is 21.2. The van der Waals surface area contributed by atoms with Gasteiger partial charge in [-0.1, -0.05) is 68.9 Å². The Morgan fingerprint density at radius 3 is 1.62 bits per heavy atom. The first-order valence-electron chi connectivity index (χ1n) is 10.9. The maximum atomic E-state index is 13.0. The first-order chi connectivity index (χ1) is 14.1. The molecular weight excluding hydrogens is 382 g/mol. The average Bonchev–Trinajstić information content (AvgIpc) is 2.71. The topological polar surface area (TPSA) is 85.0 Å². The van der Waals surface area contributed by atoms with Gasteiger partial charge in [0.1, 0.15) is 0 Å². The highest BCUT2D eigenvalue weighted by molar-refractivity contribution is 7.88. The molecule has 0 radical (unpaired) electrons. The summed E-state index contributed by atoms with van der Waals surface area (Å²) in [6.07, 6.45) is 11.0. The van der Waals surface area contributed by atoms with Crippen LogP contribution in [0.25, 0.3) is 0 Å². The van der Waals surface area contributed by atoms with Crippen LogP contribution in [0.15, 0.2) is 30.3 Å². The molecule has 0 atom stereocenters. The van der Waals surface area contributed by atoms with Crippen LogP contribution in [0.4, 0.5) is 0 Å². The summed E-state index contributed by atoms with van der Waals surface area (Å²) in [5.41, 5.74) is 0.825. The van der Waals surface area contributed by atoms with Gasteiger partial charge in [0.2, 0.25) is 10.0 Å². The second-order valence-electron chi connectivity index (χ2n) is 7.49. The second kappa shape index (κ2) is 16.0. The van der Waals surface area contributed by atoms with E-state index in [9.17, 15) is 8.42 Å². The summed E-state index contributed by atoms with van der Waals surface area (Å²) in [5, 5.41) is 17.2. The largest absolute Gasteiger partial charge is 0.218 e. The lowest BCUT2D eigenvalue weighted by atomic mass is 10.1. The van der Waals surface area contributed by atoms with Crippen molar-refractivity contribution in [2.45, 2.75) is 82.8 Å². The van der Waals surface area contributed by atoms with Crippen molar-refractivity contribution < 1.29 is 8.42 Å². The van der Waals surface area contributed by atoms with Crippen LogP contribution < -0.4 is 0 Å². The van der Waals surface area contributed by atoms with Crippen molar-refractivity contribution in [3.63, 3.8) is 0 Å². The number of nitrogens with zero attached hydrogens (tertiary/aromatic N) is 3. The van der Waals surface area contributed by atoms with Crippen LogP contribution >= 0.6 is 0 Å². The summed E-state index contributed by atoms with van der Waals surface area (Å²) in [6, 6.07) is 13.7. The van der Waals surface area contributed by atoms with Crippen molar-refractivity contribution >= 4 is 10.0 Å². The van der Waals surface area contributed by atoms with Crippen LogP contribution in [0, 0.1) is 22.7 Å². The molecule has 29 heavy (non-hydrogen) atoms. The third-order valence-corrected chi connectivity index (χ3v) is 6.83. The lowest BCUT2D eigenvalue weighted by Crippen LogP contribution is -2.34. The van der Waals surface area contributed by atoms with Gasteiger partial charge in [0.05, 0.1) is 17.9 Å². The molecule has 0 amide bonds. The summed E-state index contributed by atoms with van der Waals surface area (Å²) >= 11 is 0. The standard InChI is InChI=1S/C23H35N3O2S/c24-18-12-5-1-3-7-14-20-26(21-15-8-4-2-6-13-19-25)29(27,28)22-23-16-10-9-11-17-23/h9-11,16-17H,1-8,12-15,20-22H2. The molecule has 0 unspecified atom stereocenters. The summed E-state index contributed by atoms with van der Waals surface area (Å²) in [7, 11) is -3.33. The highest BCUT2D eigenvalue weighted by Gasteiger charge is 2.21. The minimum absolute atomic E-state index is 0.0537. The van der Waals surface area contributed by atoms with Gasteiger partial charge in [-0.25, -0.2) is 12.7 Å². The van der Waals surface area contributed by atoms with Crippen molar-refractivity contribution in [2.75, 3.05) is 13.1 Å². The number of hydrogen-bond donors (Lipinski definition) is 0. The molecule has 0 saturated heterocycles. The second-order valence-corrected chi connectivity index (χ2v) is 9.46. The third kappa shape index (κ3) is 12.3. The fourth-order valence-electron chi connectivity index (χ4n) is 3.31. The van der Waals surface area contributed by atoms with Gasteiger partial charge >= 0.3 is 0 Å². The molecule has 0 aliphatic heterocycles. The molecule has 6 heteroatoms. The van der Waals surface area contributed by atoms with E-state index in [4.69, 9.17) is 10.5 Å². The van der Waals surface area contributed by atoms with E-state index in [1.54, 1.807) is 4.31 Å². The highest BCUT2D eigenvalue weighted by Crippen LogP contribution is 2.15. The van der Waals surface area contributed by atoms with Crippen LogP contribution in [-0.2, 0) is 15.8 Å². The van der Waals surface area contributed by atoms with Crippen LogP contribution in [0.5, 0.6) is 0 Å². The molecule has 0 saturated carbocycles. The van der Waals surface area contributed by atoms with E-state index in [0.717, 1.165) is 69.8 Å². The van der Waals surface area contributed by atoms with E-state index in [1.165, 1.54) is 0 Å². The van der Waals surface area contributed by atoms with E-state index in [1.807, 2.05) is 30.3 Å². The average molecular weight is 418 g/mol. The molecule has 0 aliphatic carbocycles. The molecule has 1 rings (SSSR count). The molecule has 160 valence electrons. The number of sulfonamides is 1. The predicted molar refractivity (Wildman–Crippen MR) is 117 cm³/mol. The maximum Gasteiger partial charge on any atom is 0.218 e. The maximum absolute atomic E-state index is 13.0. The first kappa shape index (κ1) is 25.1. The molecule has 0 fully saturated rings. The van der Waals surface area contributed by atoms with Gasteiger partial charge in [-0.2, -0.15) is 10.5 Å². The summed E-state index contributed by atoms with van der Waals surface area (Å²) in [5.74, 6) is 0.0537. The van der Waals surface area contributed by atoms with Crippen molar-refractivity contribution in [3.8, 4) is 12.1 Å². The molecule has 0 aromatic heterocycles. The zero-order valence-corrected chi connectivity index (χ0v) is 18.4. The molecule has 5 nitrogen and oxygen atoms in total. The normalized spacial score (nSPS) is 11.3. The Bertz CT molecular complexity index is 693. The van der Waals surface area contributed by atoms with Gasteiger partial charge in [-0.3, -0.25) is 0 Å². The van der Waals surface area contributed by atoms with Gasteiger partial charge in [-0.05, 0) is 31.2 Å². The lowest BCUT2D eigenvalue weighted by Gasteiger charge is -2.22. The van der Waals surface area contributed by atoms with Crippen molar-refractivity contribution in [1.82, 2.24) is 4.31 Å².